The number of aromatic nitrogens is 1. The lowest BCUT2D eigenvalue weighted by molar-refractivity contribution is -0.288. The normalized spacial score (nSPS) is 10.7. The second-order valence-corrected chi connectivity index (χ2v) is 7.02. The largest absolute Gasteiger partial charge is 0.528 e. The van der Waals surface area contributed by atoms with Crippen molar-refractivity contribution in [1.29, 1.82) is 5.26 Å². The van der Waals surface area contributed by atoms with Gasteiger partial charge < -0.3 is 30.4 Å². The molecule has 2 aromatic carbocycles. The van der Waals surface area contributed by atoms with Crippen LogP contribution in [0, 0.1) is 17.1 Å². The zero-order valence-electron chi connectivity index (χ0n) is 18.1. The van der Waals surface area contributed by atoms with Gasteiger partial charge in [0.2, 0.25) is 0 Å². The Balaban J connectivity index is 1.79. The summed E-state index contributed by atoms with van der Waals surface area (Å²) < 4.78 is 52.4. The molecule has 0 aliphatic heterocycles. The molecule has 15 heteroatoms. The number of hydrogen-bond acceptors (Lipinski definition) is 8. The first-order valence-corrected chi connectivity index (χ1v) is 9.83. The van der Waals surface area contributed by atoms with E-state index in [9.17, 15) is 47.4 Å². The Morgan fingerprint density at radius 3 is 2.19 bits per heavy atom. The predicted octanol–water partition coefficient (Wildman–Crippen LogP) is 2.74. The summed E-state index contributed by atoms with van der Waals surface area (Å²) in [5.41, 5.74) is 0.487. The first-order valence-electron chi connectivity index (χ1n) is 9.83. The van der Waals surface area contributed by atoms with Crippen LogP contribution in [-0.2, 0) is 6.18 Å². The van der Waals surface area contributed by atoms with Gasteiger partial charge in [-0.05, 0) is 42.0 Å². The number of carbonyl (C=O) groups excluding carboxylic acids is 3. The van der Waals surface area contributed by atoms with Crippen molar-refractivity contribution in [2.45, 2.75) is 6.18 Å². The Hall–Kier alpha value is -5.39. The molecule has 0 saturated heterocycles. The minimum absolute atomic E-state index is 0.139. The van der Waals surface area contributed by atoms with Gasteiger partial charge in [-0.25, -0.2) is 19.2 Å². The van der Waals surface area contributed by atoms with E-state index in [-0.39, 0.29) is 16.8 Å². The van der Waals surface area contributed by atoms with Crippen LogP contribution >= 0.6 is 0 Å². The first kappa shape index (κ1) is 26.2. The fourth-order valence-corrected chi connectivity index (χ4v) is 2.99. The number of anilines is 3. The van der Waals surface area contributed by atoms with Crippen molar-refractivity contribution in [3.05, 3.63) is 71.7 Å². The van der Waals surface area contributed by atoms with Gasteiger partial charge in [0.1, 0.15) is 17.4 Å². The Morgan fingerprint density at radius 2 is 1.62 bits per heavy atom. The van der Waals surface area contributed by atoms with Crippen molar-refractivity contribution in [3.8, 4) is 17.2 Å². The summed E-state index contributed by atoms with van der Waals surface area (Å²) in [5.74, 6) is -1.52. The number of carboxylic acid groups (broad SMARTS) is 2. The highest BCUT2D eigenvalue weighted by atomic mass is 19.4. The number of carbonyl (C=O) groups is 3. The van der Waals surface area contributed by atoms with Crippen LogP contribution in [0.3, 0.4) is 0 Å². The lowest BCUT2D eigenvalue weighted by Gasteiger charge is -2.26. The van der Waals surface area contributed by atoms with E-state index in [1.165, 1.54) is 30.3 Å². The molecule has 3 rings (SSSR count). The molecule has 0 unspecified atom stereocenters. The molecule has 0 radical (unpaired) electrons. The Bertz CT molecular complexity index is 1390. The number of imide groups is 1. The number of nitriles is 1. The van der Waals surface area contributed by atoms with Crippen LogP contribution in [0.4, 0.5) is 49.1 Å². The number of urea groups is 1. The molecule has 0 aliphatic rings. The zero-order chi connectivity index (χ0) is 27.3. The van der Waals surface area contributed by atoms with Gasteiger partial charge in [-0.2, -0.15) is 18.4 Å². The Kier molecular flexibility index (Phi) is 7.42. The van der Waals surface area contributed by atoms with Crippen LogP contribution in [0.2, 0.25) is 0 Å². The summed E-state index contributed by atoms with van der Waals surface area (Å²) in [4.78, 5) is 37.8. The van der Waals surface area contributed by atoms with Crippen molar-refractivity contribution in [2.75, 3.05) is 16.1 Å². The van der Waals surface area contributed by atoms with Crippen molar-refractivity contribution in [2.24, 2.45) is 0 Å². The molecule has 1 heterocycles. The number of halogens is 4. The fraction of sp³-hybridized carbons (Fsp3) is 0.0455. The molecule has 3 N–H and O–H groups in total. The lowest BCUT2D eigenvalue weighted by atomic mass is 10.0. The monoisotopic (exact) mass is 516 g/mol. The Labute approximate surface area is 204 Å². The molecular formula is C22H12F4N6O5-2. The fourth-order valence-electron chi connectivity index (χ4n) is 2.99. The maximum atomic E-state index is 13.8. The van der Waals surface area contributed by atoms with Gasteiger partial charge in [0.05, 0.1) is 11.3 Å². The third-order valence-corrected chi connectivity index (χ3v) is 4.64. The van der Waals surface area contributed by atoms with E-state index in [4.69, 9.17) is 0 Å². The van der Waals surface area contributed by atoms with Crippen LogP contribution in [0.5, 0.6) is 0 Å². The maximum absolute atomic E-state index is 13.8. The third kappa shape index (κ3) is 6.19. The van der Waals surface area contributed by atoms with E-state index < -0.39 is 52.3 Å². The van der Waals surface area contributed by atoms with E-state index in [1.807, 2.05) is 10.7 Å². The number of rotatable bonds is 5. The second kappa shape index (κ2) is 10.5. The molecule has 11 nitrogen and oxygen atoms in total. The average molecular weight is 516 g/mol. The van der Waals surface area contributed by atoms with Gasteiger partial charge in [0.15, 0.2) is 18.0 Å². The highest BCUT2D eigenvalue weighted by Gasteiger charge is 2.31. The molecule has 4 amide bonds. The number of pyridine rings is 1. The Morgan fingerprint density at radius 1 is 0.973 bits per heavy atom. The van der Waals surface area contributed by atoms with Gasteiger partial charge in [0.25, 0.3) is 0 Å². The second-order valence-electron chi connectivity index (χ2n) is 7.02. The number of nitrogens with zero attached hydrogens (tertiary/aromatic N) is 3. The minimum atomic E-state index is -4.74. The zero-order valence-corrected chi connectivity index (χ0v) is 18.1. The summed E-state index contributed by atoms with van der Waals surface area (Å²) in [6, 6.07) is 9.16. The molecule has 0 saturated carbocycles. The molecule has 0 atom stereocenters. The van der Waals surface area contributed by atoms with E-state index in [0.717, 1.165) is 6.20 Å². The molecular weight excluding hydrogens is 504 g/mol. The van der Waals surface area contributed by atoms with Crippen molar-refractivity contribution < 1.29 is 42.2 Å². The van der Waals surface area contributed by atoms with Gasteiger partial charge in [-0.1, -0.05) is 12.1 Å². The van der Waals surface area contributed by atoms with Gasteiger partial charge in [-0.3, -0.25) is 5.43 Å². The average Bonchev–Trinajstić information content (AvgIpc) is 2.83. The lowest BCUT2D eigenvalue weighted by Crippen LogP contribution is -2.53. The summed E-state index contributed by atoms with van der Waals surface area (Å²) in [5, 5.41) is 35.3. The summed E-state index contributed by atoms with van der Waals surface area (Å²) in [7, 11) is 0. The van der Waals surface area contributed by atoms with Crippen LogP contribution in [0.1, 0.15) is 11.1 Å². The number of hydrogen-bond donors (Lipinski definition) is 3. The van der Waals surface area contributed by atoms with Gasteiger partial charge in [0, 0.05) is 17.4 Å². The van der Waals surface area contributed by atoms with E-state index in [1.54, 1.807) is 6.07 Å². The number of amides is 4. The van der Waals surface area contributed by atoms with Crippen molar-refractivity contribution in [1.82, 2.24) is 9.99 Å². The molecule has 190 valence electrons. The van der Waals surface area contributed by atoms with Crippen LogP contribution < -0.4 is 26.3 Å². The third-order valence-electron chi connectivity index (χ3n) is 4.64. The highest BCUT2D eigenvalue weighted by molar-refractivity contribution is 6.00. The SMILES string of the molecule is N#Cc1c(-c2ccc(NC(=O)Nc3cc(C(F)(F)F)ccc3F)cc2)ccnc1NN(C(=O)[O-])C(=O)[O-]. The highest BCUT2D eigenvalue weighted by Crippen LogP contribution is 2.32. The molecule has 0 fully saturated rings. The molecule has 1 aromatic heterocycles. The van der Waals surface area contributed by atoms with Gasteiger partial charge in [-0.15, -0.1) is 0 Å². The maximum Gasteiger partial charge on any atom is 0.416 e. The predicted molar refractivity (Wildman–Crippen MR) is 115 cm³/mol. The van der Waals surface area contributed by atoms with Crippen molar-refractivity contribution in [3.63, 3.8) is 0 Å². The molecule has 37 heavy (non-hydrogen) atoms. The number of alkyl halides is 3. The van der Waals surface area contributed by atoms with E-state index in [0.29, 0.717) is 23.8 Å². The van der Waals surface area contributed by atoms with Gasteiger partial charge >= 0.3 is 12.2 Å². The number of benzene rings is 2. The number of nitrogens with one attached hydrogen (secondary N) is 3. The topological polar surface area (TPSA) is 173 Å². The van der Waals surface area contributed by atoms with Crippen LogP contribution in [0.25, 0.3) is 11.1 Å². The first-order chi connectivity index (χ1) is 17.4. The van der Waals surface area contributed by atoms with E-state index >= 15 is 0 Å². The smallest absolute Gasteiger partial charge is 0.416 e. The molecule has 0 aliphatic carbocycles. The quantitative estimate of drug-likeness (QED) is 0.343. The minimum Gasteiger partial charge on any atom is -0.528 e. The van der Waals surface area contributed by atoms with E-state index in [2.05, 4.69) is 10.3 Å². The molecule has 3 aromatic rings. The summed E-state index contributed by atoms with van der Waals surface area (Å²) in [6.45, 7) is 0. The van der Waals surface area contributed by atoms with Crippen LogP contribution in [0.15, 0.2) is 54.7 Å². The standard InChI is InChI=1S/C22H14F4N6O5/c23-16-6-3-12(22(24,25)26)9-17(16)30-19(33)29-13-4-1-11(2-5-13)14-7-8-28-18(15(14)10-27)31-32(20(34)35)21(36)37/h1-9H,(H,28,31)(H,34,35)(H,36,37)(H2,29,30,33)/p-2. The number of hydrazine groups is 1. The molecule has 0 spiro atoms. The molecule has 0 bridgehead atoms. The summed E-state index contributed by atoms with van der Waals surface area (Å²) in [6.07, 6.45) is -7.93. The van der Waals surface area contributed by atoms with Crippen LogP contribution in [-0.4, -0.2) is 28.2 Å². The van der Waals surface area contributed by atoms with Crippen molar-refractivity contribution >= 4 is 35.4 Å². The summed E-state index contributed by atoms with van der Waals surface area (Å²) >= 11 is 0.